The second-order valence-electron chi connectivity index (χ2n) is 10.1. The van der Waals surface area contributed by atoms with E-state index in [1.54, 1.807) is 12.1 Å². The van der Waals surface area contributed by atoms with Gasteiger partial charge < -0.3 is 30.7 Å². The molecule has 0 bridgehead atoms. The Morgan fingerprint density at radius 2 is 1.50 bits per heavy atom. The van der Waals surface area contributed by atoms with Crippen LogP contribution in [0.15, 0.2) is 72.8 Å². The summed E-state index contributed by atoms with van der Waals surface area (Å²) in [4.78, 5) is 16.0. The van der Waals surface area contributed by atoms with Crippen LogP contribution in [0.4, 0.5) is 31.0 Å². The molecule has 2 heterocycles. The maximum atomic E-state index is 13.0. The molecular weight excluding hydrogens is 595 g/mol. The second kappa shape index (κ2) is 15.4. The third kappa shape index (κ3) is 9.10. The number of phenols is 1. The zero-order valence-electron chi connectivity index (χ0n) is 24.0. The molecule has 5 rings (SSSR count). The summed E-state index contributed by atoms with van der Waals surface area (Å²) >= 11 is 0. The van der Waals surface area contributed by atoms with Gasteiger partial charge in [-0.2, -0.15) is 28.1 Å². The van der Waals surface area contributed by atoms with Crippen LogP contribution >= 0.6 is 12.4 Å². The number of alkyl halides is 3. The third-order valence-electron chi connectivity index (χ3n) is 6.93. The van der Waals surface area contributed by atoms with Gasteiger partial charge in [-0.3, -0.25) is 0 Å². The first-order chi connectivity index (χ1) is 20.8. The zero-order valence-corrected chi connectivity index (χ0v) is 24.8. The molecule has 0 spiro atoms. The van der Waals surface area contributed by atoms with Gasteiger partial charge in [-0.1, -0.05) is 42.5 Å². The average Bonchev–Trinajstić information content (AvgIpc) is 3.02. The number of aromatic hydroxyl groups is 1. The van der Waals surface area contributed by atoms with E-state index in [1.807, 2.05) is 36.4 Å². The van der Waals surface area contributed by atoms with Crippen molar-refractivity contribution in [2.45, 2.75) is 19.0 Å². The summed E-state index contributed by atoms with van der Waals surface area (Å²) in [6, 6.07) is 19.5. The second-order valence-corrected chi connectivity index (χ2v) is 10.1. The van der Waals surface area contributed by atoms with Crippen LogP contribution in [0, 0.1) is 0 Å². The highest BCUT2D eigenvalue weighted by Gasteiger charge is 2.30. The number of nitrogens with zero attached hydrogens (tertiary/aromatic N) is 4. The lowest BCUT2D eigenvalue weighted by molar-refractivity contribution is -0.137. The van der Waals surface area contributed by atoms with Gasteiger partial charge in [0.25, 0.3) is 0 Å². The quantitative estimate of drug-likeness (QED) is 0.148. The van der Waals surface area contributed by atoms with Crippen molar-refractivity contribution in [2.75, 3.05) is 61.4 Å². The Hall–Kier alpha value is -4.29. The van der Waals surface area contributed by atoms with E-state index in [4.69, 9.17) is 4.74 Å². The molecule has 0 aliphatic carbocycles. The van der Waals surface area contributed by atoms with Crippen LogP contribution in [0.5, 0.6) is 11.5 Å². The largest absolute Gasteiger partial charge is 0.508 e. The minimum absolute atomic E-state index is 0. The van der Waals surface area contributed by atoms with Crippen molar-refractivity contribution in [2.24, 2.45) is 0 Å². The molecule has 0 saturated carbocycles. The maximum absolute atomic E-state index is 13.0. The molecule has 13 heteroatoms. The summed E-state index contributed by atoms with van der Waals surface area (Å²) in [7, 11) is 0. The minimum Gasteiger partial charge on any atom is -0.508 e. The Balaban J connectivity index is 0.00000442. The number of benzene rings is 3. The minimum atomic E-state index is -4.38. The molecule has 9 nitrogen and oxygen atoms in total. The highest BCUT2D eigenvalue weighted by atomic mass is 35.5. The van der Waals surface area contributed by atoms with Crippen molar-refractivity contribution >= 4 is 30.3 Å². The van der Waals surface area contributed by atoms with E-state index in [-0.39, 0.29) is 18.2 Å². The van der Waals surface area contributed by atoms with Crippen molar-refractivity contribution in [3.8, 4) is 22.6 Å². The molecule has 1 aliphatic heterocycles. The van der Waals surface area contributed by atoms with Crippen LogP contribution in [0.3, 0.4) is 0 Å². The molecule has 1 aliphatic rings. The van der Waals surface area contributed by atoms with E-state index < -0.39 is 11.7 Å². The fourth-order valence-corrected chi connectivity index (χ4v) is 4.63. The van der Waals surface area contributed by atoms with Gasteiger partial charge in [-0.05, 0) is 54.3 Å². The molecule has 44 heavy (non-hydrogen) atoms. The summed E-state index contributed by atoms with van der Waals surface area (Å²) in [5.74, 6) is 2.38. The highest BCUT2D eigenvalue weighted by molar-refractivity contribution is 5.85. The van der Waals surface area contributed by atoms with Gasteiger partial charge in [0.2, 0.25) is 17.8 Å². The number of rotatable bonds is 12. The number of aromatic nitrogens is 3. The average molecular weight is 630 g/mol. The van der Waals surface area contributed by atoms with Crippen LogP contribution in [0.1, 0.15) is 17.5 Å². The van der Waals surface area contributed by atoms with Crippen molar-refractivity contribution in [3.63, 3.8) is 0 Å². The Morgan fingerprint density at radius 1 is 0.841 bits per heavy atom. The standard InChI is InChI=1S/C31H34F3N7O2.ClH/c32-31(33,34)24-10-8-23(9-11-24)26-4-1-2-5-27(26)43-21-3-15-36-28-38-29(37-16-14-22-6-12-25(42)13-7-22)40-30(39-28)41-19-17-35-18-20-41;/h1-2,4-13,35,42H,3,14-21H2,(H2,36,37,38,39,40);1H. The lowest BCUT2D eigenvalue weighted by Gasteiger charge is -2.27. The molecule has 4 aromatic rings. The van der Waals surface area contributed by atoms with E-state index in [1.165, 1.54) is 12.1 Å². The van der Waals surface area contributed by atoms with Gasteiger partial charge in [0.1, 0.15) is 11.5 Å². The molecular formula is C31H35ClF3N7O2. The third-order valence-corrected chi connectivity index (χ3v) is 6.93. The van der Waals surface area contributed by atoms with Gasteiger partial charge in [0, 0.05) is 44.8 Å². The number of halogens is 4. The van der Waals surface area contributed by atoms with E-state index >= 15 is 0 Å². The lowest BCUT2D eigenvalue weighted by Crippen LogP contribution is -2.44. The van der Waals surface area contributed by atoms with Gasteiger partial charge in [-0.15, -0.1) is 12.4 Å². The van der Waals surface area contributed by atoms with Gasteiger partial charge in [-0.25, -0.2) is 0 Å². The van der Waals surface area contributed by atoms with Gasteiger partial charge >= 0.3 is 6.18 Å². The summed E-state index contributed by atoms with van der Waals surface area (Å²) in [6.07, 6.45) is -3.00. The molecule has 1 aromatic heterocycles. The molecule has 0 radical (unpaired) electrons. The number of hydrogen-bond acceptors (Lipinski definition) is 9. The van der Waals surface area contributed by atoms with Crippen molar-refractivity contribution < 1.29 is 23.0 Å². The first kappa shape index (κ1) is 32.6. The molecule has 4 N–H and O–H groups in total. The van der Waals surface area contributed by atoms with E-state index in [0.717, 1.165) is 55.9 Å². The number of para-hydroxylation sites is 1. The van der Waals surface area contributed by atoms with Gasteiger partial charge in [0.15, 0.2) is 0 Å². The first-order valence-electron chi connectivity index (χ1n) is 14.2. The molecule has 234 valence electrons. The fraction of sp³-hybridized carbons (Fsp3) is 0.323. The van der Waals surface area contributed by atoms with Crippen LogP contribution in [0.25, 0.3) is 11.1 Å². The van der Waals surface area contributed by atoms with Crippen molar-refractivity contribution in [1.82, 2.24) is 20.3 Å². The van der Waals surface area contributed by atoms with E-state index in [2.05, 4.69) is 35.8 Å². The monoisotopic (exact) mass is 629 g/mol. The summed E-state index contributed by atoms with van der Waals surface area (Å²) in [5, 5.41) is 19.4. The number of phenolic OH excluding ortho intramolecular Hbond substituents is 1. The fourth-order valence-electron chi connectivity index (χ4n) is 4.63. The van der Waals surface area contributed by atoms with Crippen LogP contribution < -0.4 is 25.6 Å². The molecule has 3 aromatic carbocycles. The Labute approximate surface area is 260 Å². The molecule has 0 amide bonds. The molecule has 1 fully saturated rings. The normalized spacial score (nSPS) is 13.2. The van der Waals surface area contributed by atoms with E-state index in [0.29, 0.717) is 55.3 Å². The summed E-state index contributed by atoms with van der Waals surface area (Å²) < 4.78 is 44.9. The van der Waals surface area contributed by atoms with Crippen molar-refractivity contribution in [1.29, 1.82) is 0 Å². The van der Waals surface area contributed by atoms with E-state index in [9.17, 15) is 18.3 Å². The number of nitrogens with one attached hydrogen (secondary N) is 3. The smallest absolute Gasteiger partial charge is 0.416 e. The Morgan fingerprint density at radius 3 is 2.18 bits per heavy atom. The predicted molar refractivity (Wildman–Crippen MR) is 168 cm³/mol. The topological polar surface area (TPSA) is 107 Å². The molecule has 0 unspecified atom stereocenters. The van der Waals surface area contributed by atoms with Crippen LogP contribution in [-0.2, 0) is 12.6 Å². The Bertz CT molecular complexity index is 1470. The van der Waals surface area contributed by atoms with Gasteiger partial charge in [0.05, 0.1) is 12.2 Å². The Kier molecular flexibility index (Phi) is 11.4. The number of hydrogen-bond donors (Lipinski definition) is 4. The molecule has 1 saturated heterocycles. The zero-order chi connectivity index (χ0) is 30.1. The lowest BCUT2D eigenvalue weighted by atomic mass is 10.0. The highest BCUT2D eigenvalue weighted by Crippen LogP contribution is 2.34. The summed E-state index contributed by atoms with van der Waals surface area (Å²) in [5.41, 5.74) is 1.78. The number of piperazine rings is 1. The SMILES string of the molecule is Cl.Oc1ccc(CCNc2nc(NCCCOc3ccccc3-c3ccc(C(F)(F)F)cc3)nc(N3CCNCC3)n2)cc1. The maximum Gasteiger partial charge on any atom is 0.416 e. The van der Waals surface area contributed by atoms with Crippen molar-refractivity contribution in [3.05, 3.63) is 83.9 Å². The number of ether oxygens (including phenoxy) is 1. The van der Waals surface area contributed by atoms with Crippen LogP contribution in [-0.4, -0.2) is 65.9 Å². The first-order valence-corrected chi connectivity index (χ1v) is 14.2. The predicted octanol–water partition coefficient (Wildman–Crippen LogP) is 5.63. The van der Waals surface area contributed by atoms with Crippen LogP contribution in [0.2, 0.25) is 0 Å². The number of anilines is 3. The molecule has 0 atom stereocenters. The summed E-state index contributed by atoms with van der Waals surface area (Å²) in [6.45, 7) is 4.83.